The lowest BCUT2D eigenvalue weighted by Gasteiger charge is -2.17. The lowest BCUT2D eigenvalue weighted by Crippen LogP contribution is -2.16. The fourth-order valence-corrected chi connectivity index (χ4v) is 1.94. The van der Waals surface area contributed by atoms with Crippen LogP contribution < -0.4 is 10.2 Å². The predicted octanol–water partition coefficient (Wildman–Crippen LogP) is 3.90. The van der Waals surface area contributed by atoms with E-state index in [2.05, 4.69) is 5.32 Å². The number of furan rings is 1. The highest BCUT2D eigenvalue weighted by Gasteiger charge is 2.14. The van der Waals surface area contributed by atoms with Gasteiger partial charge in [-0.05, 0) is 41.9 Å². The van der Waals surface area contributed by atoms with Crippen molar-refractivity contribution in [3.05, 3.63) is 46.3 Å². The fraction of sp³-hybridized carbons (Fsp3) is 0.154. The first-order valence-electron chi connectivity index (χ1n) is 5.51. The molecule has 0 fully saturated rings. The third kappa shape index (κ3) is 3.22. The number of carbonyl (C=O) groups excluding carboxylic acids is 1. The topological polar surface area (TPSA) is 45.5 Å². The van der Waals surface area contributed by atoms with Gasteiger partial charge in [-0.3, -0.25) is 4.79 Å². The first-order valence-corrected chi connectivity index (χ1v) is 6.26. The van der Waals surface area contributed by atoms with Crippen molar-refractivity contribution >= 4 is 40.5 Å². The molecule has 1 N–H and O–H groups in total. The quantitative estimate of drug-likeness (QED) is 0.934. The van der Waals surface area contributed by atoms with Crippen LogP contribution in [-0.4, -0.2) is 20.0 Å². The van der Waals surface area contributed by atoms with Gasteiger partial charge in [0.15, 0.2) is 11.0 Å². The van der Waals surface area contributed by atoms with Gasteiger partial charge in [-0.2, -0.15) is 0 Å². The minimum atomic E-state index is -0.378. The van der Waals surface area contributed by atoms with Crippen molar-refractivity contribution in [1.82, 2.24) is 0 Å². The molecule has 2 aromatic rings. The molecule has 2 rings (SSSR count). The SMILES string of the molecule is CN(C)c1ccc(Cl)cc1NC(=O)c1ccc(Cl)o1. The molecule has 1 aromatic carbocycles. The van der Waals surface area contributed by atoms with Crippen LogP contribution in [0.5, 0.6) is 0 Å². The Labute approximate surface area is 120 Å². The van der Waals surface area contributed by atoms with E-state index in [0.717, 1.165) is 5.69 Å². The third-order valence-corrected chi connectivity index (χ3v) is 2.92. The second kappa shape index (κ2) is 5.55. The summed E-state index contributed by atoms with van der Waals surface area (Å²) in [4.78, 5) is 13.9. The number of nitrogens with zero attached hydrogens (tertiary/aromatic N) is 1. The van der Waals surface area contributed by atoms with E-state index in [-0.39, 0.29) is 16.9 Å². The zero-order valence-corrected chi connectivity index (χ0v) is 11.9. The van der Waals surface area contributed by atoms with Crippen LogP contribution in [0.25, 0.3) is 0 Å². The largest absolute Gasteiger partial charge is 0.440 e. The molecule has 0 aliphatic heterocycles. The highest BCUT2D eigenvalue weighted by molar-refractivity contribution is 6.31. The van der Waals surface area contributed by atoms with Gasteiger partial charge in [0, 0.05) is 19.1 Å². The van der Waals surface area contributed by atoms with Crippen molar-refractivity contribution in [3.63, 3.8) is 0 Å². The molecule has 0 saturated carbocycles. The molecule has 0 spiro atoms. The summed E-state index contributed by atoms with van der Waals surface area (Å²) in [5, 5.41) is 3.46. The molecule has 0 saturated heterocycles. The van der Waals surface area contributed by atoms with Crippen LogP contribution in [0.3, 0.4) is 0 Å². The molecule has 0 aliphatic rings. The number of carbonyl (C=O) groups is 1. The highest BCUT2D eigenvalue weighted by atomic mass is 35.5. The van der Waals surface area contributed by atoms with E-state index < -0.39 is 0 Å². The van der Waals surface area contributed by atoms with Gasteiger partial charge < -0.3 is 14.6 Å². The van der Waals surface area contributed by atoms with Crippen LogP contribution >= 0.6 is 23.2 Å². The molecule has 19 heavy (non-hydrogen) atoms. The van der Waals surface area contributed by atoms with Crippen LogP contribution in [0.1, 0.15) is 10.6 Å². The monoisotopic (exact) mass is 298 g/mol. The summed E-state index contributed by atoms with van der Waals surface area (Å²) in [6, 6.07) is 8.29. The average molecular weight is 299 g/mol. The van der Waals surface area contributed by atoms with Crippen LogP contribution in [0, 0.1) is 0 Å². The van der Waals surface area contributed by atoms with Gasteiger partial charge in [0.2, 0.25) is 0 Å². The predicted molar refractivity (Wildman–Crippen MR) is 77.5 cm³/mol. The van der Waals surface area contributed by atoms with Gasteiger partial charge in [0.1, 0.15) is 0 Å². The fourth-order valence-electron chi connectivity index (χ4n) is 1.62. The number of benzene rings is 1. The summed E-state index contributed by atoms with van der Waals surface area (Å²) < 4.78 is 5.05. The minimum Gasteiger partial charge on any atom is -0.440 e. The Kier molecular flexibility index (Phi) is 4.02. The molecule has 1 heterocycles. The maximum atomic E-state index is 12.0. The maximum absolute atomic E-state index is 12.0. The Bertz CT molecular complexity index is 608. The molecule has 0 radical (unpaired) electrons. The molecular formula is C13H12Cl2N2O2. The maximum Gasteiger partial charge on any atom is 0.291 e. The van der Waals surface area contributed by atoms with E-state index >= 15 is 0 Å². The Balaban J connectivity index is 2.27. The summed E-state index contributed by atoms with van der Waals surface area (Å²) >= 11 is 11.6. The van der Waals surface area contributed by atoms with E-state index in [0.29, 0.717) is 10.7 Å². The van der Waals surface area contributed by atoms with Crippen molar-refractivity contribution in [2.24, 2.45) is 0 Å². The van der Waals surface area contributed by atoms with E-state index in [4.69, 9.17) is 27.6 Å². The summed E-state index contributed by atoms with van der Waals surface area (Å²) in [5.41, 5.74) is 1.45. The van der Waals surface area contributed by atoms with Crippen LogP contribution in [0.2, 0.25) is 10.2 Å². The molecule has 0 unspecified atom stereocenters. The van der Waals surface area contributed by atoms with Crippen molar-refractivity contribution in [2.45, 2.75) is 0 Å². The van der Waals surface area contributed by atoms with Gasteiger partial charge in [-0.15, -0.1) is 0 Å². The molecule has 6 heteroatoms. The smallest absolute Gasteiger partial charge is 0.291 e. The van der Waals surface area contributed by atoms with Crippen LogP contribution in [0.4, 0.5) is 11.4 Å². The average Bonchev–Trinajstić information content (AvgIpc) is 2.75. The van der Waals surface area contributed by atoms with Gasteiger partial charge in [0.25, 0.3) is 5.91 Å². The second-order valence-electron chi connectivity index (χ2n) is 4.11. The summed E-state index contributed by atoms with van der Waals surface area (Å²) in [6.07, 6.45) is 0. The Morgan fingerprint density at radius 3 is 2.53 bits per heavy atom. The number of amides is 1. The number of halogens is 2. The standard InChI is InChI=1S/C13H12Cl2N2O2/c1-17(2)10-4-3-8(14)7-9(10)16-13(18)11-5-6-12(15)19-11/h3-7H,1-2H3,(H,16,18). The van der Waals surface area contributed by atoms with Gasteiger partial charge in [0.05, 0.1) is 11.4 Å². The van der Waals surface area contributed by atoms with Crippen molar-refractivity contribution in [3.8, 4) is 0 Å². The molecule has 1 amide bonds. The number of anilines is 2. The molecule has 100 valence electrons. The van der Waals surface area contributed by atoms with E-state index in [1.54, 1.807) is 12.1 Å². The third-order valence-electron chi connectivity index (χ3n) is 2.49. The second-order valence-corrected chi connectivity index (χ2v) is 4.92. The Morgan fingerprint density at radius 1 is 1.21 bits per heavy atom. The summed E-state index contributed by atoms with van der Waals surface area (Å²) in [7, 11) is 3.76. The van der Waals surface area contributed by atoms with Crippen LogP contribution in [0.15, 0.2) is 34.7 Å². The van der Waals surface area contributed by atoms with E-state index in [1.165, 1.54) is 12.1 Å². The lowest BCUT2D eigenvalue weighted by atomic mass is 10.2. The van der Waals surface area contributed by atoms with E-state index in [9.17, 15) is 4.79 Å². The Morgan fingerprint density at radius 2 is 1.95 bits per heavy atom. The van der Waals surface area contributed by atoms with Crippen molar-refractivity contribution in [2.75, 3.05) is 24.3 Å². The Hall–Kier alpha value is -1.65. The van der Waals surface area contributed by atoms with Crippen molar-refractivity contribution in [1.29, 1.82) is 0 Å². The van der Waals surface area contributed by atoms with E-state index in [1.807, 2.05) is 25.1 Å². The highest BCUT2D eigenvalue weighted by Crippen LogP contribution is 2.28. The van der Waals surface area contributed by atoms with Gasteiger partial charge in [-0.1, -0.05) is 11.6 Å². The minimum absolute atomic E-state index is 0.148. The molecule has 0 aliphatic carbocycles. The number of nitrogens with one attached hydrogen (secondary N) is 1. The molecule has 0 bridgehead atoms. The lowest BCUT2D eigenvalue weighted by molar-refractivity contribution is 0.0997. The zero-order valence-electron chi connectivity index (χ0n) is 10.4. The molecule has 1 aromatic heterocycles. The van der Waals surface area contributed by atoms with Gasteiger partial charge >= 0.3 is 0 Å². The molecular weight excluding hydrogens is 287 g/mol. The summed E-state index contributed by atoms with van der Waals surface area (Å²) in [6.45, 7) is 0. The van der Waals surface area contributed by atoms with Gasteiger partial charge in [-0.25, -0.2) is 0 Å². The first kappa shape index (κ1) is 13.8. The van der Waals surface area contributed by atoms with Crippen molar-refractivity contribution < 1.29 is 9.21 Å². The van der Waals surface area contributed by atoms with Crippen LogP contribution in [-0.2, 0) is 0 Å². The zero-order chi connectivity index (χ0) is 14.0. The normalized spacial score (nSPS) is 10.3. The summed E-state index contributed by atoms with van der Waals surface area (Å²) in [5.74, 6) is -0.230. The first-order chi connectivity index (χ1) is 8.97. The number of hydrogen-bond donors (Lipinski definition) is 1. The number of rotatable bonds is 3. The molecule has 4 nitrogen and oxygen atoms in total. The molecule has 0 atom stereocenters. The number of hydrogen-bond acceptors (Lipinski definition) is 3.